The highest BCUT2D eigenvalue weighted by Gasteiger charge is 2.26. The molecule has 4 rings (SSSR count). The second-order valence-electron chi connectivity index (χ2n) is 6.36. The third-order valence-electron chi connectivity index (χ3n) is 4.40. The van der Waals surface area contributed by atoms with Gasteiger partial charge in [-0.1, -0.05) is 12.1 Å². The molecule has 30 heavy (non-hydrogen) atoms. The number of amides is 1. The van der Waals surface area contributed by atoms with Crippen LogP contribution >= 0.6 is 11.8 Å². The summed E-state index contributed by atoms with van der Waals surface area (Å²) in [5.41, 5.74) is 1.07. The number of thioether (sulfide) groups is 1. The molecule has 0 fully saturated rings. The normalized spacial score (nSPS) is 14.8. The summed E-state index contributed by atoms with van der Waals surface area (Å²) in [6, 6.07) is 16.1. The summed E-state index contributed by atoms with van der Waals surface area (Å²) in [6.07, 6.45) is 1.56. The number of carbonyl (C=O) groups excluding carboxylic acids is 1. The van der Waals surface area contributed by atoms with Crippen molar-refractivity contribution < 1.29 is 19.2 Å². The number of rotatable bonds is 4. The van der Waals surface area contributed by atoms with E-state index in [2.05, 4.69) is 4.99 Å². The highest BCUT2D eigenvalue weighted by atomic mass is 32.2. The van der Waals surface area contributed by atoms with E-state index in [1.165, 1.54) is 17.8 Å². The Kier molecular flexibility index (Phi) is 5.11. The topological polar surface area (TPSA) is 109 Å². The van der Waals surface area contributed by atoms with Gasteiger partial charge in [0, 0.05) is 24.9 Å². The van der Waals surface area contributed by atoms with E-state index in [0.29, 0.717) is 27.2 Å². The molecule has 9 heteroatoms. The van der Waals surface area contributed by atoms with Crippen molar-refractivity contribution in [2.75, 3.05) is 11.9 Å². The van der Waals surface area contributed by atoms with Crippen molar-refractivity contribution in [2.24, 2.45) is 4.99 Å². The monoisotopic (exact) mass is 421 g/mol. The number of nitrogens with zero attached hydrogens (tertiary/aromatic N) is 3. The Hall–Kier alpha value is -3.85. The van der Waals surface area contributed by atoms with Gasteiger partial charge in [0.15, 0.2) is 5.17 Å². The maximum absolute atomic E-state index is 12.3. The number of para-hydroxylation sites is 1. The summed E-state index contributed by atoms with van der Waals surface area (Å²) in [5, 5.41) is 21.1. The Labute approximate surface area is 175 Å². The molecule has 0 spiro atoms. The third-order valence-corrected chi connectivity index (χ3v) is 5.46. The quantitative estimate of drug-likeness (QED) is 0.370. The molecule has 2 aromatic carbocycles. The van der Waals surface area contributed by atoms with E-state index in [4.69, 9.17) is 4.42 Å². The molecule has 0 atom stereocenters. The van der Waals surface area contributed by atoms with Gasteiger partial charge in [-0.15, -0.1) is 0 Å². The molecule has 1 aromatic heterocycles. The lowest BCUT2D eigenvalue weighted by atomic mass is 10.1. The summed E-state index contributed by atoms with van der Waals surface area (Å²) in [7, 11) is 1.77. The number of benzene rings is 2. The third kappa shape index (κ3) is 3.83. The number of hydrogen-bond acceptors (Lipinski definition) is 7. The van der Waals surface area contributed by atoms with Gasteiger partial charge in [0.05, 0.1) is 15.4 Å². The van der Waals surface area contributed by atoms with Gasteiger partial charge in [0.1, 0.15) is 17.3 Å². The van der Waals surface area contributed by atoms with Gasteiger partial charge in [-0.3, -0.25) is 14.9 Å². The largest absolute Gasteiger partial charge is 0.508 e. The summed E-state index contributed by atoms with van der Waals surface area (Å²) >= 11 is 1.19. The molecule has 1 amide bonds. The molecular formula is C21H15N3O5S. The summed E-state index contributed by atoms with van der Waals surface area (Å²) < 4.78 is 5.73. The highest BCUT2D eigenvalue weighted by Crippen LogP contribution is 2.35. The van der Waals surface area contributed by atoms with Crippen molar-refractivity contribution in [1.82, 2.24) is 0 Å². The lowest BCUT2D eigenvalue weighted by molar-refractivity contribution is -0.384. The minimum atomic E-state index is -0.467. The van der Waals surface area contributed by atoms with Gasteiger partial charge in [-0.25, -0.2) is 0 Å². The average molecular weight is 421 g/mol. The van der Waals surface area contributed by atoms with Crippen molar-refractivity contribution in [3.8, 4) is 17.1 Å². The maximum atomic E-state index is 12.3. The second-order valence-corrected chi connectivity index (χ2v) is 7.37. The van der Waals surface area contributed by atoms with Gasteiger partial charge in [0.25, 0.3) is 11.6 Å². The van der Waals surface area contributed by atoms with Gasteiger partial charge < -0.3 is 14.4 Å². The molecule has 3 aromatic rings. The number of hydrogen-bond donors (Lipinski definition) is 1. The van der Waals surface area contributed by atoms with Crippen LogP contribution in [-0.4, -0.2) is 28.2 Å². The number of furan rings is 1. The predicted molar refractivity (Wildman–Crippen MR) is 115 cm³/mol. The minimum Gasteiger partial charge on any atom is -0.508 e. The Balaban J connectivity index is 1.55. The Bertz CT molecular complexity index is 1200. The fourth-order valence-corrected chi connectivity index (χ4v) is 3.75. The van der Waals surface area contributed by atoms with Crippen LogP contribution in [0.3, 0.4) is 0 Å². The molecule has 2 heterocycles. The fraction of sp³-hybridized carbons (Fsp3) is 0.0476. The average Bonchev–Trinajstić information content (AvgIpc) is 3.35. The lowest BCUT2D eigenvalue weighted by Crippen LogP contribution is -2.21. The number of carbonyl (C=O) groups is 1. The van der Waals surface area contributed by atoms with Crippen LogP contribution in [0.2, 0.25) is 0 Å². The molecule has 150 valence electrons. The molecule has 0 saturated carbocycles. The molecule has 0 bridgehead atoms. The summed E-state index contributed by atoms with van der Waals surface area (Å²) in [4.78, 5) is 29.3. The van der Waals surface area contributed by atoms with E-state index in [0.717, 1.165) is 5.69 Å². The van der Waals surface area contributed by atoms with Crippen LogP contribution in [-0.2, 0) is 4.79 Å². The SMILES string of the molecule is CN(C1=NC(=O)/C(=C/c2ccc(-c3ccccc3[N+](=O)[O-])o2)S1)c1ccc(O)cc1. The van der Waals surface area contributed by atoms with Gasteiger partial charge >= 0.3 is 0 Å². The zero-order valence-electron chi connectivity index (χ0n) is 15.7. The Morgan fingerprint density at radius 3 is 2.60 bits per heavy atom. The van der Waals surface area contributed by atoms with Crippen molar-refractivity contribution in [2.45, 2.75) is 0 Å². The zero-order chi connectivity index (χ0) is 21.3. The molecule has 1 N–H and O–H groups in total. The number of nitro groups is 1. The van der Waals surface area contributed by atoms with Gasteiger partial charge in [-0.05, 0) is 54.2 Å². The van der Waals surface area contributed by atoms with Gasteiger partial charge in [0.2, 0.25) is 0 Å². The van der Waals surface area contributed by atoms with Crippen LogP contribution in [0.1, 0.15) is 5.76 Å². The number of aliphatic imine (C=N–C) groups is 1. The van der Waals surface area contributed by atoms with Crippen molar-refractivity contribution in [3.05, 3.63) is 81.4 Å². The van der Waals surface area contributed by atoms with Crippen molar-refractivity contribution in [3.63, 3.8) is 0 Å². The van der Waals surface area contributed by atoms with Crippen LogP contribution in [0.25, 0.3) is 17.4 Å². The smallest absolute Gasteiger partial charge is 0.286 e. The zero-order valence-corrected chi connectivity index (χ0v) is 16.5. The van der Waals surface area contributed by atoms with Crippen molar-refractivity contribution in [1.29, 1.82) is 0 Å². The van der Waals surface area contributed by atoms with Crippen LogP contribution < -0.4 is 4.90 Å². The highest BCUT2D eigenvalue weighted by molar-refractivity contribution is 8.18. The van der Waals surface area contributed by atoms with Crippen LogP contribution in [0.5, 0.6) is 5.75 Å². The number of nitro benzene ring substituents is 1. The summed E-state index contributed by atoms with van der Waals surface area (Å²) in [5.74, 6) is 0.482. The van der Waals surface area contributed by atoms with Gasteiger partial charge in [-0.2, -0.15) is 4.99 Å². The number of aromatic hydroxyl groups is 1. The fourth-order valence-electron chi connectivity index (χ4n) is 2.87. The first-order valence-corrected chi connectivity index (χ1v) is 9.63. The van der Waals surface area contributed by atoms with E-state index in [-0.39, 0.29) is 11.4 Å². The molecular weight excluding hydrogens is 406 g/mol. The molecule has 1 aliphatic rings. The molecule has 0 aliphatic carbocycles. The standard InChI is InChI=1S/C21H15N3O5S/c1-23(13-6-8-14(25)9-7-13)21-22-20(26)19(30-21)12-15-10-11-18(29-15)16-4-2-3-5-17(16)24(27)28/h2-12,25H,1H3/b19-12-. The first-order valence-electron chi connectivity index (χ1n) is 8.81. The lowest BCUT2D eigenvalue weighted by Gasteiger charge is -2.17. The van der Waals surface area contributed by atoms with Crippen LogP contribution in [0.4, 0.5) is 11.4 Å². The Morgan fingerprint density at radius 1 is 1.13 bits per heavy atom. The first-order chi connectivity index (χ1) is 14.4. The van der Waals surface area contributed by atoms with Crippen molar-refractivity contribution >= 4 is 40.3 Å². The molecule has 0 radical (unpaired) electrons. The van der Waals surface area contributed by atoms with E-state index >= 15 is 0 Å². The Morgan fingerprint density at radius 2 is 1.87 bits per heavy atom. The molecule has 8 nitrogen and oxygen atoms in total. The molecule has 1 aliphatic heterocycles. The number of amidine groups is 1. The first kappa shape index (κ1) is 19.5. The summed E-state index contributed by atoms with van der Waals surface area (Å²) in [6.45, 7) is 0. The van der Waals surface area contributed by atoms with E-state index in [1.54, 1.807) is 72.6 Å². The minimum absolute atomic E-state index is 0.0569. The molecule has 0 saturated heterocycles. The number of phenols is 1. The predicted octanol–water partition coefficient (Wildman–Crippen LogP) is 4.67. The van der Waals surface area contributed by atoms with E-state index in [9.17, 15) is 20.0 Å². The van der Waals surface area contributed by atoms with Crippen LogP contribution in [0.15, 0.2) is 75.0 Å². The second kappa shape index (κ2) is 7.88. The van der Waals surface area contributed by atoms with E-state index in [1.807, 2.05) is 0 Å². The number of anilines is 1. The maximum Gasteiger partial charge on any atom is 0.286 e. The van der Waals surface area contributed by atoms with E-state index < -0.39 is 10.8 Å². The number of phenolic OH excluding ortho intramolecular Hbond substituents is 1. The molecule has 0 unspecified atom stereocenters. The van der Waals surface area contributed by atoms with Crippen LogP contribution in [0, 0.1) is 10.1 Å².